The Morgan fingerprint density at radius 3 is 2.62 bits per heavy atom. The molecule has 1 aliphatic rings. The molecule has 1 aromatic carbocycles. The van der Waals surface area contributed by atoms with E-state index in [4.69, 9.17) is 8.83 Å². The maximum atomic E-state index is 13.3. The zero-order chi connectivity index (χ0) is 20.2. The number of aromatic nitrogens is 1. The van der Waals surface area contributed by atoms with E-state index in [0.717, 1.165) is 37.3 Å². The van der Waals surface area contributed by atoms with Gasteiger partial charge in [0.15, 0.2) is 0 Å². The van der Waals surface area contributed by atoms with Crippen LogP contribution in [0.4, 0.5) is 0 Å². The lowest BCUT2D eigenvalue weighted by Crippen LogP contribution is -2.46. The number of hydrogen-bond donors (Lipinski definition) is 0. The highest BCUT2D eigenvalue weighted by Gasteiger charge is 2.29. The Labute approximate surface area is 171 Å². The van der Waals surface area contributed by atoms with Crippen LogP contribution in [-0.4, -0.2) is 46.9 Å². The molecular weight excluding hydrogens is 366 g/mol. The molecule has 29 heavy (non-hydrogen) atoms. The summed E-state index contributed by atoms with van der Waals surface area (Å²) in [6, 6.07) is 13.8. The molecule has 0 N–H and O–H groups in total. The minimum Gasteiger partial charge on any atom is -0.467 e. The Bertz CT molecular complexity index is 926. The third-order valence-electron chi connectivity index (χ3n) is 5.59. The molecule has 0 atom stereocenters. The average Bonchev–Trinajstić information content (AvgIpc) is 3.38. The van der Waals surface area contributed by atoms with Crippen molar-refractivity contribution in [2.75, 3.05) is 20.1 Å². The first-order valence-corrected chi connectivity index (χ1v) is 10.1. The van der Waals surface area contributed by atoms with Crippen molar-refractivity contribution in [3.8, 4) is 11.5 Å². The molecule has 0 unspecified atom stereocenters. The van der Waals surface area contributed by atoms with Crippen LogP contribution in [0.3, 0.4) is 0 Å². The fraction of sp³-hybridized carbons (Fsp3) is 0.391. The van der Waals surface area contributed by atoms with Crippen LogP contribution in [-0.2, 0) is 17.8 Å². The molecule has 4 rings (SSSR count). The van der Waals surface area contributed by atoms with Gasteiger partial charge in [-0.15, -0.1) is 0 Å². The number of benzene rings is 1. The monoisotopic (exact) mass is 393 g/mol. The molecule has 1 amide bonds. The van der Waals surface area contributed by atoms with E-state index in [1.807, 2.05) is 54.3 Å². The molecular formula is C23H27N3O3. The summed E-state index contributed by atoms with van der Waals surface area (Å²) in [5.41, 5.74) is 1.61. The number of aryl methyl sites for hydroxylation is 1. The number of piperidine rings is 1. The summed E-state index contributed by atoms with van der Waals surface area (Å²) in [5.74, 6) is 2.12. The lowest BCUT2D eigenvalue weighted by molar-refractivity contribution is -0.134. The summed E-state index contributed by atoms with van der Waals surface area (Å²) in [6.45, 7) is 4.35. The molecule has 6 heteroatoms. The van der Waals surface area contributed by atoms with Gasteiger partial charge in [0, 0.05) is 11.6 Å². The second-order valence-corrected chi connectivity index (χ2v) is 7.70. The highest BCUT2D eigenvalue weighted by Crippen LogP contribution is 2.24. The van der Waals surface area contributed by atoms with Crippen LogP contribution in [0.5, 0.6) is 0 Å². The van der Waals surface area contributed by atoms with E-state index in [0.29, 0.717) is 23.9 Å². The number of furan rings is 1. The number of nitrogens with zero attached hydrogens (tertiary/aromatic N) is 3. The summed E-state index contributed by atoms with van der Waals surface area (Å²) >= 11 is 0. The lowest BCUT2D eigenvalue weighted by Gasteiger charge is -2.37. The lowest BCUT2D eigenvalue weighted by atomic mass is 10.0. The summed E-state index contributed by atoms with van der Waals surface area (Å²) in [7, 11) is 2.12. The summed E-state index contributed by atoms with van der Waals surface area (Å²) in [6.07, 6.45) is 3.82. The topological polar surface area (TPSA) is 62.7 Å². The Balaban J connectivity index is 1.52. The van der Waals surface area contributed by atoms with Crippen molar-refractivity contribution in [1.29, 1.82) is 0 Å². The van der Waals surface area contributed by atoms with Crippen LogP contribution in [0.25, 0.3) is 11.5 Å². The summed E-state index contributed by atoms with van der Waals surface area (Å²) < 4.78 is 11.4. The van der Waals surface area contributed by atoms with Crippen LogP contribution in [0, 0.1) is 6.92 Å². The van der Waals surface area contributed by atoms with Gasteiger partial charge < -0.3 is 18.6 Å². The van der Waals surface area contributed by atoms with Gasteiger partial charge in [0.25, 0.3) is 0 Å². The number of carbonyl (C=O) groups is 1. The second-order valence-electron chi connectivity index (χ2n) is 7.70. The highest BCUT2D eigenvalue weighted by molar-refractivity contribution is 5.79. The number of carbonyl (C=O) groups excluding carboxylic acids is 1. The Morgan fingerprint density at radius 2 is 1.93 bits per heavy atom. The zero-order valence-electron chi connectivity index (χ0n) is 17.0. The van der Waals surface area contributed by atoms with E-state index in [2.05, 4.69) is 16.9 Å². The minimum absolute atomic E-state index is 0.0620. The maximum Gasteiger partial charge on any atom is 0.229 e. The van der Waals surface area contributed by atoms with Crippen LogP contribution in [0.1, 0.15) is 30.1 Å². The molecule has 6 nitrogen and oxygen atoms in total. The third kappa shape index (κ3) is 4.59. The largest absolute Gasteiger partial charge is 0.467 e. The van der Waals surface area contributed by atoms with Crippen molar-refractivity contribution in [2.24, 2.45) is 0 Å². The number of likely N-dealkylation sites (tertiary alicyclic amines) is 1. The van der Waals surface area contributed by atoms with Crippen molar-refractivity contribution in [3.05, 3.63) is 65.9 Å². The number of oxazole rings is 1. The molecule has 1 fully saturated rings. The molecule has 2 aromatic heterocycles. The Morgan fingerprint density at radius 1 is 1.17 bits per heavy atom. The maximum absolute atomic E-state index is 13.3. The third-order valence-corrected chi connectivity index (χ3v) is 5.59. The van der Waals surface area contributed by atoms with Crippen molar-refractivity contribution >= 4 is 5.91 Å². The first-order chi connectivity index (χ1) is 14.1. The molecule has 152 valence electrons. The normalized spacial score (nSPS) is 15.5. The van der Waals surface area contributed by atoms with E-state index >= 15 is 0 Å². The standard InChI is InChI=1S/C23H27N3O3/c1-17-21(24-23(29-17)18-7-4-3-5-8-18)15-22(27)26(16-20-9-6-14-28-20)19-10-12-25(2)13-11-19/h3-9,14,19H,10-13,15-16H2,1-2H3. The summed E-state index contributed by atoms with van der Waals surface area (Å²) in [4.78, 5) is 22.2. The number of rotatable bonds is 6. The fourth-order valence-electron chi connectivity index (χ4n) is 3.84. The molecule has 0 bridgehead atoms. The molecule has 1 aliphatic heterocycles. The van der Waals surface area contributed by atoms with E-state index < -0.39 is 0 Å². The number of hydrogen-bond acceptors (Lipinski definition) is 5. The SMILES string of the molecule is Cc1oc(-c2ccccc2)nc1CC(=O)N(Cc1ccco1)C1CCN(C)CC1. The van der Waals surface area contributed by atoms with Gasteiger partial charge in [0.2, 0.25) is 11.8 Å². The average molecular weight is 393 g/mol. The molecule has 0 radical (unpaired) electrons. The van der Waals surface area contributed by atoms with Crippen molar-refractivity contribution in [1.82, 2.24) is 14.8 Å². The quantitative estimate of drug-likeness (QED) is 0.635. The fourth-order valence-corrected chi connectivity index (χ4v) is 3.84. The van der Waals surface area contributed by atoms with Gasteiger partial charge in [-0.2, -0.15) is 0 Å². The van der Waals surface area contributed by atoms with Crippen LogP contribution >= 0.6 is 0 Å². The van der Waals surface area contributed by atoms with Crippen molar-refractivity contribution < 1.29 is 13.6 Å². The smallest absolute Gasteiger partial charge is 0.229 e. The Hall–Kier alpha value is -2.86. The van der Waals surface area contributed by atoms with Gasteiger partial charge in [0.1, 0.15) is 11.5 Å². The predicted molar refractivity (Wildman–Crippen MR) is 110 cm³/mol. The first kappa shape index (κ1) is 19.5. The van der Waals surface area contributed by atoms with Crippen LogP contribution in [0.2, 0.25) is 0 Å². The summed E-state index contributed by atoms with van der Waals surface area (Å²) in [5, 5.41) is 0. The van der Waals surface area contributed by atoms with Crippen molar-refractivity contribution in [2.45, 2.75) is 38.8 Å². The van der Waals surface area contributed by atoms with E-state index in [1.54, 1.807) is 6.26 Å². The first-order valence-electron chi connectivity index (χ1n) is 10.1. The molecule has 3 heterocycles. The van der Waals surface area contributed by atoms with Gasteiger partial charge in [-0.3, -0.25) is 4.79 Å². The van der Waals surface area contributed by atoms with Gasteiger partial charge >= 0.3 is 0 Å². The molecule has 0 aliphatic carbocycles. The Kier molecular flexibility index (Phi) is 5.81. The van der Waals surface area contributed by atoms with Gasteiger partial charge in [-0.25, -0.2) is 4.98 Å². The van der Waals surface area contributed by atoms with Gasteiger partial charge in [0.05, 0.1) is 24.9 Å². The molecule has 1 saturated heterocycles. The van der Waals surface area contributed by atoms with Gasteiger partial charge in [-0.05, 0) is 64.2 Å². The second kappa shape index (κ2) is 8.66. The zero-order valence-corrected chi connectivity index (χ0v) is 17.0. The molecule has 0 spiro atoms. The van der Waals surface area contributed by atoms with Crippen LogP contribution < -0.4 is 0 Å². The van der Waals surface area contributed by atoms with E-state index in [1.165, 1.54) is 0 Å². The van der Waals surface area contributed by atoms with E-state index in [-0.39, 0.29) is 18.4 Å². The molecule has 0 saturated carbocycles. The van der Waals surface area contributed by atoms with E-state index in [9.17, 15) is 4.79 Å². The highest BCUT2D eigenvalue weighted by atomic mass is 16.4. The number of amides is 1. The van der Waals surface area contributed by atoms with Crippen molar-refractivity contribution in [3.63, 3.8) is 0 Å². The van der Waals surface area contributed by atoms with Crippen LogP contribution in [0.15, 0.2) is 57.6 Å². The molecule has 3 aromatic rings. The predicted octanol–water partition coefficient (Wildman–Crippen LogP) is 3.91. The minimum atomic E-state index is 0.0620. The van der Waals surface area contributed by atoms with Gasteiger partial charge in [-0.1, -0.05) is 18.2 Å².